The quantitative estimate of drug-likeness (QED) is 0.156. The van der Waals surface area contributed by atoms with Gasteiger partial charge >= 0.3 is 0 Å². The van der Waals surface area contributed by atoms with Crippen molar-refractivity contribution in [1.82, 2.24) is 10.6 Å². The maximum atomic E-state index is 13.4. The second kappa shape index (κ2) is 11.1. The number of hydrogen-bond donors (Lipinski definition) is 7. The summed E-state index contributed by atoms with van der Waals surface area (Å²) >= 11 is 0. The molecule has 172 valence electrons. The first kappa shape index (κ1) is 23.7. The minimum atomic E-state index is -0.519. The number of aryl methyl sites for hydroxylation is 1. The highest BCUT2D eigenvalue weighted by Crippen LogP contribution is 2.41. The third kappa shape index (κ3) is 4.91. The maximum absolute atomic E-state index is 13.4. The zero-order valence-corrected chi connectivity index (χ0v) is 17.8. The first-order valence-electron chi connectivity index (χ1n) is 10.7. The third-order valence-electron chi connectivity index (χ3n) is 5.36. The van der Waals surface area contributed by atoms with E-state index in [1.807, 2.05) is 0 Å². The second-order valence-corrected chi connectivity index (χ2v) is 7.51. The van der Waals surface area contributed by atoms with E-state index in [1.54, 1.807) is 12.1 Å². The fourth-order valence-corrected chi connectivity index (χ4v) is 3.88. The summed E-state index contributed by atoms with van der Waals surface area (Å²) in [6, 6.07) is 5.95. The Bertz CT molecular complexity index is 914. The molecule has 0 aliphatic heterocycles. The van der Waals surface area contributed by atoms with Gasteiger partial charge in [-0.15, -0.1) is 0 Å². The molecule has 9 heteroatoms. The molecule has 0 unspecified atom stereocenters. The van der Waals surface area contributed by atoms with Crippen LogP contribution in [0.4, 0.5) is 5.69 Å². The van der Waals surface area contributed by atoms with Gasteiger partial charge in [0.2, 0.25) is 0 Å². The van der Waals surface area contributed by atoms with E-state index in [-0.39, 0.29) is 47.0 Å². The molecule has 0 atom stereocenters. The number of nitrogens with one attached hydrogen (secondary N) is 3. The summed E-state index contributed by atoms with van der Waals surface area (Å²) in [5.41, 5.74) is 1.21. The smallest absolute Gasteiger partial charge is 0.200 e. The van der Waals surface area contributed by atoms with E-state index in [2.05, 4.69) is 16.0 Å². The number of phenolic OH excluding ortho intramolecular Hbond substituents is 2. The van der Waals surface area contributed by atoms with Gasteiger partial charge in [-0.25, -0.2) is 0 Å². The average molecular weight is 444 g/mol. The molecule has 7 N–H and O–H groups in total. The predicted octanol–water partition coefficient (Wildman–Crippen LogP) is 0.382. The van der Waals surface area contributed by atoms with Crippen molar-refractivity contribution < 1.29 is 30.0 Å². The summed E-state index contributed by atoms with van der Waals surface area (Å²) in [6.45, 7) is 2.61. The van der Waals surface area contributed by atoms with Crippen molar-refractivity contribution in [2.24, 2.45) is 0 Å². The first-order valence-corrected chi connectivity index (χ1v) is 10.7. The van der Waals surface area contributed by atoms with Gasteiger partial charge in [-0.05, 0) is 43.1 Å². The van der Waals surface area contributed by atoms with Gasteiger partial charge in [0.25, 0.3) is 0 Å². The van der Waals surface area contributed by atoms with Crippen molar-refractivity contribution in [2.75, 3.05) is 51.3 Å². The van der Waals surface area contributed by atoms with Crippen LogP contribution in [0.15, 0.2) is 24.3 Å². The van der Waals surface area contributed by atoms with Crippen LogP contribution >= 0.6 is 0 Å². The molecule has 1 aliphatic rings. The summed E-state index contributed by atoms with van der Waals surface area (Å²) in [4.78, 5) is 26.8. The molecule has 2 aromatic rings. The summed E-state index contributed by atoms with van der Waals surface area (Å²) in [5, 5.41) is 47.6. The maximum Gasteiger partial charge on any atom is 0.200 e. The van der Waals surface area contributed by atoms with Gasteiger partial charge in [-0.2, -0.15) is 0 Å². The largest absolute Gasteiger partial charge is 0.507 e. The number of phenols is 2. The molecule has 9 nitrogen and oxygen atoms in total. The van der Waals surface area contributed by atoms with E-state index < -0.39 is 11.6 Å². The van der Waals surface area contributed by atoms with Crippen LogP contribution in [0.2, 0.25) is 0 Å². The number of rotatable bonds is 12. The third-order valence-corrected chi connectivity index (χ3v) is 5.36. The van der Waals surface area contributed by atoms with Crippen molar-refractivity contribution in [3.63, 3.8) is 0 Å². The summed E-state index contributed by atoms with van der Waals surface area (Å²) < 4.78 is 0. The highest BCUT2D eigenvalue weighted by molar-refractivity contribution is 6.32. The van der Waals surface area contributed by atoms with Gasteiger partial charge in [-0.1, -0.05) is 6.07 Å². The van der Waals surface area contributed by atoms with Crippen molar-refractivity contribution >= 4 is 17.3 Å². The Morgan fingerprint density at radius 1 is 0.656 bits per heavy atom. The van der Waals surface area contributed by atoms with E-state index in [0.717, 1.165) is 0 Å². The Morgan fingerprint density at radius 3 is 1.88 bits per heavy atom. The lowest BCUT2D eigenvalue weighted by molar-refractivity contribution is 0.0974. The van der Waals surface area contributed by atoms with E-state index in [1.165, 1.54) is 12.1 Å². The lowest BCUT2D eigenvalue weighted by Gasteiger charge is -2.24. The monoisotopic (exact) mass is 443 g/mol. The van der Waals surface area contributed by atoms with Gasteiger partial charge in [0, 0.05) is 37.4 Å². The van der Waals surface area contributed by atoms with Gasteiger partial charge in [0.1, 0.15) is 11.5 Å². The van der Waals surface area contributed by atoms with Crippen LogP contribution in [0.25, 0.3) is 0 Å². The van der Waals surface area contributed by atoms with Crippen LogP contribution in [0.5, 0.6) is 11.5 Å². The van der Waals surface area contributed by atoms with Gasteiger partial charge in [-0.3, -0.25) is 9.59 Å². The summed E-state index contributed by atoms with van der Waals surface area (Å²) in [6.07, 6.45) is 1.21. The normalized spacial score (nSPS) is 12.6. The SMILES string of the molecule is O=C1c2c(O)ccc(O)c2C(=O)c2c(NCCNCCO)ccc(CCCNCCO)c21. The Balaban J connectivity index is 1.97. The molecule has 3 rings (SSSR count). The van der Waals surface area contributed by atoms with Crippen LogP contribution in [0.1, 0.15) is 43.8 Å². The Labute approximate surface area is 186 Å². The molecule has 0 spiro atoms. The molecule has 32 heavy (non-hydrogen) atoms. The number of benzene rings is 2. The molecule has 0 fully saturated rings. The number of ketones is 2. The number of fused-ring (bicyclic) bond motifs is 2. The molecule has 0 heterocycles. The summed E-state index contributed by atoms with van der Waals surface area (Å²) in [7, 11) is 0. The highest BCUT2D eigenvalue weighted by Gasteiger charge is 2.37. The fourth-order valence-electron chi connectivity index (χ4n) is 3.88. The average Bonchev–Trinajstić information content (AvgIpc) is 2.78. The van der Waals surface area contributed by atoms with E-state index in [4.69, 9.17) is 10.2 Å². The lowest BCUT2D eigenvalue weighted by Crippen LogP contribution is -2.28. The second-order valence-electron chi connectivity index (χ2n) is 7.51. The standard InChI is InChI=1S/C23H29N3O6/c27-12-10-24-7-1-2-14-3-4-15(26-9-8-25-11-13-28)19-18(14)22(31)20-16(29)5-6-17(30)21(20)23(19)32/h3-6,24-30H,1-2,7-13H2. The number of carbonyl (C=O) groups is 2. The number of hydrogen-bond acceptors (Lipinski definition) is 9. The van der Waals surface area contributed by atoms with Crippen molar-refractivity contribution in [3.8, 4) is 11.5 Å². The topological polar surface area (TPSA) is 151 Å². The number of aliphatic hydroxyl groups is 2. The van der Waals surface area contributed by atoms with E-state index in [0.29, 0.717) is 56.8 Å². The predicted molar refractivity (Wildman–Crippen MR) is 120 cm³/mol. The number of anilines is 1. The highest BCUT2D eigenvalue weighted by atomic mass is 16.3. The minimum absolute atomic E-state index is 0.0177. The van der Waals surface area contributed by atoms with Gasteiger partial charge in [0.15, 0.2) is 11.6 Å². The zero-order chi connectivity index (χ0) is 23.1. The first-order chi connectivity index (χ1) is 15.5. The lowest BCUT2D eigenvalue weighted by atomic mass is 9.79. The van der Waals surface area contributed by atoms with Crippen LogP contribution in [0.3, 0.4) is 0 Å². The molecule has 0 radical (unpaired) electrons. The zero-order valence-electron chi connectivity index (χ0n) is 17.8. The molecule has 1 aliphatic carbocycles. The Kier molecular flexibility index (Phi) is 8.18. The molecule has 2 aromatic carbocycles. The number of aromatic hydroxyl groups is 2. The molecule has 0 bridgehead atoms. The Hall–Kier alpha value is -2.98. The summed E-state index contributed by atoms with van der Waals surface area (Å²) in [5.74, 6) is -1.71. The molecular weight excluding hydrogens is 414 g/mol. The van der Waals surface area contributed by atoms with Crippen LogP contribution in [-0.4, -0.2) is 77.9 Å². The van der Waals surface area contributed by atoms with Crippen molar-refractivity contribution in [3.05, 3.63) is 52.1 Å². The molecule has 0 saturated carbocycles. The van der Waals surface area contributed by atoms with E-state index in [9.17, 15) is 19.8 Å². The number of carbonyl (C=O) groups excluding carboxylic acids is 2. The van der Waals surface area contributed by atoms with Gasteiger partial charge in [0.05, 0.1) is 29.9 Å². The van der Waals surface area contributed by atoms with Crippen molar-refractivity contribution in [1.29, 1.82) is 0 Å². The molecule has 0 amide bonds. The number of aliphatic hydroxyl groups excluding tert-OH is 2. The van der Waals surface area contributed by atoms with Gasteiger partial charge < -0.3 is 36.4 Å². The van der Waals surface area contributed by atoms with Crippen LogP contribution in [-0.2, 0) is 6.42 Å². The van der Waals surface area contributed by atoms with Crippen LogP contribution in [0, 0.1) is 0 Å². The van der Waals surface area contributed by atoms with E-state index >= 15 is 0 Å². The molecular formula is C23H29N3O6. The molecule has 0 saturated heterocycles. The van der Waals surface area contributed by atoms with Crippen LogP contribution < -0.4 is 16.0 Å². The Morgan fingerprint density at radius 2 is 1.25 bits per heavy atom. The molecule has 0 aromatic heterocycles. The fraction of sp³-hybridized carbons (Fsp3) is 0.391. The minimum Gasteiger partial charge on any atom is -0.507 e. The van der Waals surface area contributed by atoms with Crippen molar-refractivity contribution in [2.45, 2.75) is 12.8 Å².